The van der Waals surface area contributed by atoms with Gasteiger partial charge in [-0.1, -0.05) is 36.4 Å². The van der Waals surface area contributed by atoms with E-state index < -0.39 is 0 Å². The molecule has 142 valence electrons. The maximum Gasteiger partial charge on any atom is 0.260 e. The number of benzene rings is 1. The summed E-state index contributed by atoms with van der Waals surface area (Å²) in [6.45, 7) is 0.338. The summed E-state index contributed by atoms with van der Waals surface area (Å²) in [6, 6.07) is 15.6. The lowest BCUT2D eigenvalue weighted by molar-refractivity contribution is 0.281. The van der Waals surface area contributed by atoms with Gasteiger partial charge in [-0.3, -0.25) is 9.78 Å². The number of rotatable bonds is 4. The Balaban J connectivity index is 1.56. The lowest BCUT2D eigenvalue weighted by Gasteiger charge is -2.09. The molecule has 0 aliphatic carbocycles. The molecule has 0 saturated carbocycles. The van der Waals surface area contributed by atoms with Gasteiger partial charge < -0.3 is 14.1 Å². The van der Waals surface area contributed by atoms with Crippen LogP contribution in [-0.2, 0) is 13.2 Å². The minimum atomic E-state index is -0.0964. The molecule has 6 nitrogen and oxygen atoms in total. The van der Waals surface area contributed by atoms with Crippen LogP contribution in [0.4, 0.5) is 0 Å². The van der Waals surface area contributed by atoms with Crippen LogP contribution in [0.15, 0.2) is 84.3 Å². The number of imidazole rings is 1. The highest BCUT2D eigenvalue weighted by molar-refractivity contribution is 5.95. The average Bonchev–Trinajstić information content (AvgIpc) is 3.17. The third-order valence-corrected chi connectivity index (χ3v) is 5.06. The van der Waals surface area contributed by atoms with Crippen LogP contribution in [0.2, 0.25) is 0 Å². The molecule has 5 aromatic rings. The molecule has 1 aromatic carbocycles. The number of aromatic nitrogens is 4. The molecule has 0 unspecified atom stereocenters. The summed E-state index contributed by atoms with van der Waals surface area (Å²) < 4.78 is 3.51. The molecule has 0 amide bonds. The smallest absolute Gasteiger partial charge is 0.260 e. The van der Waals surface area contributed by atoms with Crippen molar-refractivity contribution >= 4 is 16.4 Å². The van der Waals surface area contributed by atoms with Crippen LogP contribution >= 0.6 is 0 Å². The van der Waals surface area contributed by atoms with Crippen molar-refractivity contribution in [3.63, 3.8) is 0 Å². The van der Waals surface area contributed by atoms with Crippen molar-refractivity contribution in [3.05, 3.63) is 101 Å². The van der Waals surface area contributed by atoms with Gasteiger partial charge in [0.1, 0.15) is 5.65 Å². The first-order chi connectivity index (χ1) is 14.2. The van der Waals surface area contributed by atoms with E-state index in [4.69, 9.17) is 0 Å². The first-order valence-electron chi connectivity index (χ1n) is 9.33. The van der Waals surface area contributed by atoms with Gasteiger partial charge in [-0.15, -0.1) is 0 Å². The maximum atomic E-state index is 13.1. The standard InChI is InChI=1S/C23H18N4O2/c28-15-16-6-7-22-25-18(14-27(22)12-16)13-26-9-8-19-20(17-4-2-1-3-5-17)10-24-11-21(19)23(26)29/h1-12,14,28H,13,15H2. The number of aliphatic hydroxyl groups excluding tert-OH is 1. The Bertz CT molecular complexity index is 1390. The van der Waals surface area contributed by atoms with Crippen LogP contribution in [0.3, 0.4) is 0 Å². The second-order valence-electron chi connectivity index (χ2n) is 6.96. The van der Waals surface area contributed by atoms with Crippen molar-refractivity contribution < 1.29 is 5.11 Å². The monoisotopic (exact) mass is 382 g/mol. The third-order valence-electron chi connectivity index (χ3n) is 5.06. The van der Waals surface area contributed by atoms with Crippen molar-refractivity contribution in [2.45, 2.75) is 13.2 Å². The molecule has 0 aliphatic rings. The molecule has 0 atom stereocenters. The number of aliphatic hydroxyl groups is 1. The number of fused-ring (bicyclic) bond motifs is 2. The Labute approximate surface area is 166 Å². The Hall–Kier alpha value is -3.77. The minimum absolute atomic E-state index is 0.0235. The quantitative estimate of drug-likeness (QED) is 0.518. The summed E-state index contributed by atoms with van der Waals surface area (Å²) in [5, 5.41) is 10.8. The highest BCUT2D eigenvalue weighted by atomic mass is 16.3. The van der Waals surface area contributed by atoms with Crippen LogP contribution in [0, 0.1) is 0 Å². The van der Waals surface area contributed by atoms with E-state index in [-0.39, 0.29) is 12.2 Å². The van der Waals surface area contributed by atoms with Gasteiger partial charge in [-0.2, -0.15) is 0 Å². The SMILES string of the molecule is O=c1c2cncc(-c3ccccc3)c2ccn1Cc1cn2cc(CO)ccc2n1. The Morgan fingerprint density at radius 2 is 1.79 bits per heavy atom. The van der Waals surface area contributed by atoms with Gasteiger partial charge in [0.05, 0.1) is 24.2 Å². The molecule has 0 bridgehead atoms. The van der Waals surface area contributed by atoms with E-state index in [9.17, 15) is 9.90 Å². The van der Waals surface area contributed by atoms with E-state index in [0.717, 1.165) is 33.4 Å². The molecule has 0 saturated heterocycles. The van der Waals surface area contributed by atoms with Gasteiger partial charge in [0.25, 0.3) is 5.56 Å². The highest BCUT2D eigenvalue weighted by Gasteiger charge is 2.10. The van der Waals surface area contributed by atoms with Crippen LogP contribution < -0.4 is 5.56 Å². The van der Waals surface area contributed by atoms with Gasteiger partial charge in [-0.05, 0) is 28.6 Å². The fourth-order valence-corrected chi connectivity index (χ4v) is 3.61. The van der Waals surface area contributed by atoms with Gasteiger partial charge in [0, 0.05) is 36.5 Å². The summed E-state index contributed by atoms with van der Waals surface area (Å²) in [4.78, 5) is 22.0. The number of pyridine rings is 3. The second kappa shape index (κ2) is 7.00. The summed E-state index contributed by atoms with van der Waals surface area (Å²) >= 11 is 0. The normalized spacial score (nSPS) is 11.3. The summed E-state index contributed by atoms with van der Waals surface area (Å²) in [7, 11) is 0. The lowest BCUT2D eigenvalue weighted by Crippen LogP contribution is -2.20. The lowest BCUT2D eigenvalue weighted by atomic mass is 10.0. The van der Waals surface area contributed by atoms with Crippen LogP contribution in [0.25, 0.3) is 27.5 Å². The van der Waals surface area contributed by atoms with E-state index in [1.165, 1.54) is 0 Å². The van der Waals surface area contributed by atoms with E-state index in [2.05, 4.69) is 9.97 Å². The minimum Gasteiger partial charge on any atom is -0.392 e. The van der Waals surface area contributed by atoms with E-state index in [1.54, 1.807) is 23.2 Å². The number of hydrogen-bond acceptors (Lipinski definition) is 4. The van der Waals surface area contributed by atoms with E-state index in [0.29, 0.717) is 11.9 Å². The molecular weight excluding hydrogens is 364 g/mol. The topological polar surface area (TPSA) is 72.4 Å². The van der Waals surface area contributed by atoms with Crippen LogP contribution in [0.1, 0.15) is 11.3 Å². The van der Waals surface area contributed by atoms with Gasteiger partial charge in [0.15, 0.2) is 0 Å². The highest BCUT2D eigenvalue weighted by Crippen LogP contribution is 2.25. The molecular formula is C23H18N4O2. The van der Waals surface area contributed by atoms with Crippen molar-refractivity contribution in [1.82, 2.24) is 18.9 Å². The molecule has 4 aromatic heterocycles. The van der Waals surface area contributed by atoms with Gasteiger partial charge >= 0.3 is 0 Å². The second-order valence-corrected chi connectivity index (χ2v) is 6.96. The van der Waals surface area contributed by atoms with Crippen molar-refractivity contribution in [3.8, 4) is 11.1 Å². The molecule has 5 rings (SSSR count). The largest absolute Gasteiger partial charge is 0.392 e. The number of nitrogens with zero attached hydrogens (tertiary/aromatic N) is 4. The molecule has 29 heavy (non-hydrogen) atoms. The fraction of sp³-hybridized carbons (Fsp3) is 0.0870. The summed E-state index contributed by atoms with van der Waals surface area (Å²) in [5.74, 6) is 0. The summed E-state index contributed by atoms with van der Waals surface area (Å²) in [6.07, 6.45) is 8.94. The van der Waals surface area contributed by atoms with E-state index >= 15 is 0 Å². The molecule has 0 aliphatic heterocycles. The Kier molecular flexibility index (Phi) is 4.18. The van der Waals surface area contributed by atoms with E-state index in [1.807, 2.05) is 65.3 Å². The average molecular weight is 382 g/mol. The maximum absolute atomic E-state index is 13.1. The molecule has 1 N–H and O–H groups in total. The first kappa shape index (κ1) is 17.3. The summed E-state index contributed by atoms with van der Waals surface area (Å²) in [5.41, 5.74) is 4.23. The third kappa shape index (κ3) is 3.09. The zero-order valence-electron chi connectivity index (χ0n) is 15.6. The zero-order chi connectivity index (χ0) is 19.8. The Morgan fingerprint density at radius 1 is 0.931 bits per heavy atom. The zero-order valence-corrected chi connectivity index (χ0v) is 15.6. The fourth-order valence-electron chi connectivity index (χ4n) is 3.61. The Morgan fingerprint density at radius 3 is 2.62 bits per heavy atom. The van der Waals surface area contributed by atoms with Crippen LogP contribution in [-0.4, -0.2) is 24.0 Å². The van der Waals surface area contributed by atoms with Gasteiger partial charge in [0.2, 0.25) is 0 Å². The predicted octanol–water partition coefficient (Wildman–Crippen LogP) is 3.25. The van der Waals surface area contributed by atoms with Crippen LogP contribution in [0.5, 0.6) is 0 Å². The molecule has 0 spiro atoms. The van der Waals surface area contributed by atoms with Crippen molar-refractivity contribution in [1.29, 1.82) is 0 Å². The molecule has 6 heteroatoms. The molecule has 0 fully saturated rings. The first-order valence-corrected chi connectivity index (χ1v) is 9.33. The number of hydrogen-bond donors (Lipinski definition) is 1. The van der Waals surface area contributed by atoms with Crippen molar-refractivity contribution in [2.75, 3.05) is 0 Å². The molecule has 4 heterocycles. The molecule has 0 radical (unpaired) electrons. The predicted molar refractivity (Wildman–Crippen MR) is 112 cm³/mol. The van der Waals surface area contributed by atoms with Crippen molar-refractivity contribution in [2.24, 2.45) is 0 Å². The van der Waals surface area contributed by atoms with Gasteiger partial charge in [-0.25, -0.2) is 4.98 Å².